The van der Waals surface area contributed by atoms with E-state index in [0.29, 0.717) is 6.23 Å². The third-order valence-corrected chi connectivity index (χ3v) is 2.67. The molecule has 0 aromatic rings. The van der Waals surface area contributed by atoms with Gasteiger partial charge in [0.25, 0.3) is 0 Å². The van der Waals surface area contributed by atoms with E-state index in [1.807, 2.05) is 0 Å². The number of rotatable bonds is 0. The van der Waals surface area contributed by atoms with E-state index in [1.54, 1.807) is 0 Å². The molecule has 2 unspecified atom stereocenters. The number of ether oxygens (including phenoxy) is 1. The Kier molecular flexibility index (Phi) is 1.66. The summed E-state index contributed by atoms with van der Waals surface area (Å²) in [6.07, 6.45) is 4.51. The van der Waals surface area contributed by atoms with Crippen molar-refractivity contribution in [3.8, 4) is 0 Å². The first kappa shape index (κ1) is 6.62. The van der Waals surface area contributed by atoms with Crippen molar-refractivity contribution in [1.29, 1.82) is 0 Å². The normalized spacial score (nSPS) is 41.7. The highest BCUT2D eigenvalue weighted by Crippen LogP contribution is 2.25. The Balaban J connectivity index is 2.01. The van der Waals surface area contributed by atoms with Crippen molar-refractivity contribution < 1.29 is 4.74 Å². The molecule has 2 aliphatic rings. The average molecular weight is 141 g/mol. The summed E-state index contributed by atoms with van der Waals surface area (Å²) in [6, 6.07) is 0.753. The molecule has 0 aromatic carbocycles. The highest BCUT2D eigenvalue weighted by molar-refractivity contribution is 4.82. The summed E-state index contributed by atoms with van der Waals surface area (Å²) in [5.41, 5.74) is 0. The van der Waals surface area contributed by atoms with Crippen LogP contribution in [0.25, 0.3) is 0 Å². The van der Waals surface area contributed by atoms with Gasteiger partial charge in [-0.05, 0) is 19.8 Å². The Morgan fingerprint density at radius 1 is 1.40 bits per heavy atom. The molecule has 2 atom stereocenters. The average Bonchev–Trinajstić information content (AvgIpc) is 2.34. The molecule has 0 N–H and O–H groups in total. The number of hydrogen-bond acceptors (Lipinski definition) is 2. The van der Waals surface area contributed by atoms with Gasteiger partial charge in [0.15, 0.2) is 0 Å². The van der Waals surface area contributed by atoms with E-state index in [9.17, 15) is 0 Å². The van der Waals surface area contributed by atoms with Gasteiger partial charge in [-0.15, -0.1) is 0 Å². The van der Waals surface area contributed by atoms with Crippen LogP contribution in [0.4, 0.5) is 0 Å². The van der Waals surface area contributed by atoms with Crippen LogP contribution >= 0.6 is 0 Å². The monoisotopic (exact) mass is 141 g/mol. The molecule has 0 radical (unpaired) electrons. The van der Waals surface area contributed by atoms with E-state index in [2.05, 4.69) is 11.8 Å². The Morgan fingerprint density at radius 2 is 2.30 bits per heavy atom. The minimum absolute atomic E-state index is 0.394. The van der Waals surface area contributed by atoms with Gasteiger partial charge in [0, 0.05) is 12.6 Å². The van der Waals surface area contributed by atoms with Crippen molar-refractivity contribution in [2.45, 2.75) is 38.5 Å². The van der Waals surface area contributed by atoms with Crippen LogP contribution in [0.15, 0.2) is 0 Å². The fourth-order valence-electron chi connectivity index (χ4n) is 2.03. The van der Waals surface area contributed by atoms with E-state index in [4.69, 9.17) is 4.74 Å². The molecule has 0 aromatic heterocycles. The van der Waals surface area contributed by atoms with Crippen LogP contribution in [0.3, 0.4) is 0 Å². The lowest BCUT2D eigenvalue weighted by molar-refractivity contribution is 0.0402. The molecule has 58 valence electrons. The van der Waals surface area contributed by atoms with Gasteiger partial charge in [-0.25, -0.2) is 0 Å². The van der Waals surface area contributed by atoms with Crippen molar-refractivity contribution in [2.24, 2.45) is 0 Å². The van der Waals surface area contributed by atoms with Gasteiger partial charge in [0.2, 0.25) is 0 Å². The first-order chi connectivity index (χ1) is 4.88. The maximum atomic E-state index is 5.53. The molecule has 0 saturated carbocycles. The third kappa shape index (κ3) is 0.956. The first-order valence-electron chi connectivity index (χ1n) is 4.25. The highest BCUT2D eigenvalue weighted by atomic mass is 16.5. The van der Waals surface area contributed by atoms with Crippen LogP contribution in [0.1, 0.15) is 26.2 Å². The molecule has 0 bridgehead atoms. The summed E-state index contributed by atoms with van der Waals surface area (Å²) in [5, 5.41) is 0. The Hall–Kier alpha value is -0.0800. The van der Waals surface area contributed by atoms with Gasteiger partial charge in [-0.3, -0.25) is 4.90 Å². The van der Waals surface area contributed by atoms with E-state index in [0.717, 1.165) is 12.6 Å². The van der Waals surface area contributed by atoms with E-state index >= 15 is 0 Å². The maximum Gasteiger partial charge on any atom is 0.108 e. The smallest absolute Gasteiger partial charge is 0.108 e. The summed E-state index contributed by atoms with van der Waals surface area (Å²) < 4.78 is 5.53. The van der Waals surface area contributed by atoms with Crippen molar-refractivity contribution in [3.63, 3.8) is 0 Å². The summed E-state index contributed by atoms with van der Waals surface area (Å²) in [6.45, 7) is 4.39. The van der Waals surface area contributed by atoms with Crippen molar-refractivity contribution >= 4 is 0 Å². The lowest BCUT2D eigenvalue weighted by Gasteiger charge is -2.29. The summed E-state index contributed by atoms with van der Waals surface area (Å²) >= 11 is 0. The standard InChI is InChI=1S/C8H15NO/c1-7-9-5-3-2-4-8(9)6-10-7/h7-8H,2-6H2,1H3. The minimum atomic E-state index is 0.394. The second-order valence-electron chi connectivity index (χ2n) is 3.32. The van der Waals surface area contributed by atoms with Gasteiger partial charge in [0.05, 0.1) is 6.61 Å². The molecule has 2 nitrogen and oxygen atoms in total. The Labute approximate surface area is 62.2 Å². The minimum Gasteiger partial charge on any atom is -0.362 e. The lowest BCUT2D eigenvalue weighted by atomic mass is 10.0. The first-order valence-corrected chi connectivity index (χ1v) is 4.25. The largest absolute Gasteiger partial charge is 0.362 e. The van der Waals surface area contributed by atoms with Crippen LogP contribution in [0.5, 0.6) is 0 Å². The zero-order valence-electron chi connectivity index (χ0n) is 6.55. The fourth-order valence-corrected chi connectivity index (χ4v) is 2.03. The van der Waals surface area contributed by atoms with Crippen LogP contribution in [0, 0.1) is 0 Å². The summed E-state index contributed by atoms with van der Waals surface area (Å²) in [5.74, 6) is 0. The molecule has 10 heavy (non-hydrogen) atoms. The molecule has 2 aliphatic heterocycles. The topological polar surface area (TPSA) is 12.5 Å². The van der Waals surface area contributed by atoms with Crippen molar-refractivity contribution in [2.75, 3.05) is 13.2 Å². The molecule has 2 heterocycles. The van der Waals surface area contributed by atoms with Crippen LogP contribution < -0.4 is 0 Å². The number of nitrogens with zero attached hydrogens (tertiary/aromatic N) is 1. The number of piperidine rings is 1. The maximum absolute atomic E-state index is 5.53. The number of hydrogen-bond donors (Lipinski definition) is 0. The molecular formula is C8H15NO. The molecule has 0 spiro atoms. The highest BCUT2D eigenvalue weighted by Gasteiger charge is 2.32. The van der Waals surface area contributed by atoms with Gasteiger partial charge < -0.3 is 4.74 Å². The second-order valence-corrected chi connectivity index (χ2v) is 3.32. The SMILES string of the molecule is CC1OCC2CCCCN21. The lowest BCUT2D eigenvalue weighted by Crippen LogP contribution is -2.39. The van der Waals surface area contributed by atoms with Crippen molar-refractivity contribution in [3.05, 3.63) is 0 Å². The van der Waals surface area contributed by atoms with Gasteiger partial charge in [-0.2, -0.15) is 0 Å². The van der Waals surface area contributed by atoms with Gasteiger partial charge >= 0.3 is 0 Å². The number of fused-ring (bicyclic) bond motifs is 1. The van der Waals surface area contributed by atoms with E-state index < -0.39 is 0 Å². The zero-order chi connectivity index (χ0) is 6.97. The summed E-state index contributed by atoms with van der Waals surface area (Å²) in [4.78, 5) is 2.49. The van der Waals surface area contributed by atoms with Crippen LogP contribution in [-0.2, 0) is 4.74 Å². The molecule has 0 aliphatic carbocycles. The fraction of sp³-hybridized carbons (Fsp3) is 1.00. The van der Waals surface area contributed by atoms with Crippen LogP contribution in [-0.4, -0.2) is 30.3 Å². The molecule has 2 saturated heterocycles. The van der Waals surface area contributed by atoms with Crippen LogP contribution in [0.2, 0.25) is 0 Å². The molecule has 2 rings (SSSR count). The quantitative estimate of drug-likeness (QED) is 0.503. The van der Waals surface area contributed by atoms with E-state index in [1.165, 1.54) is 25.8 Å². The molecule has 2 heteroatoms. The van der Waals surface area contributed by atoms with E-state index in [-0.39, 0.29) is 0 Å². The third-order valence-electron chi connectivity index (χ3n) is 2.67. The van der Waals surface area contributed by atoms with Crippen molar-refractivity contribution in [1.82, 2.24) is 4.90 Å². The van der Waals surface area contributed by atoms with Gasteiger partial charge in [-0.1, -0.05) is 6.42 Å². The zero-order valence-corrected chi connectivity index (χ0v) is 6.55. The summed E-state index contributed by atoms with van der Waals surface area (Å²) in [7, 11) is 0. The molecular weight excluding hydrogens is 126 g/mol. The Bertz CT molecular complexity index is 124. The van der Waals surface area contributed by atoms with Gasteiger partial charge in [0.1, 0.15) is 6.23 Å². The predicted octanol–water partition coefficient (Wildman–Crippen LogP) is 1.22. The molecule has 0 amide bonds. The second kappa shape index (κ2) is 2.51. The Morgan fingerprint density at radius 3 is 3.10 bits per heavy atom. The molecule has 2 fully saturated rings. The predicted molar refractivity (Wildman–Crippen MR) is 39.8 cm³/mol.